The average Bonchev–Trinajstić information content (AvgIpc) is 2.72. The lowest BCUT2D eigenvalue weighted by Gasteiger charge is -1.91. The van der Waals surface area contributed by atoms with Crippen LogP contribution in [0.1, 0.15) is 5.56 Å². The summed E-state index contributed by atoms with van der Waals surface area (Å²) < 4.78 is 1.14. The van der Waals surface area contributed by atoms with Gasteiger partial charge in [0.1, 0.15) is 0 Å². The van der Waals surface area contributed by atoms with Crippen LogP contribution in [-0.4, -0.2) is 15.2 Å². The first-order chi connectivity index (χ1) is 6.74. The van der Waals surface area contributed by atoms with Crippen LogP contribution in [0.25, 0.3) is 0 Å². The lowest BCUT2D eigenvalue weighted by atomic mass is 10.4. The third-order valence-corrected chi connectivity index (χ3v) is 3.94. The lowest BCUT2D eigenvalue weighted by molar-refractivity contribution is 0.973. The summed E-state index contributed by atoms with van der Waals surface area (Å²) in [7, 11) is 0. The largest absolute Gasteiger partial charge is 0.368 e. The van der Waals surface area contributed by atoms with E-state index in [4.69, 9.17) is 5.73 Å². The van der Waals surface area contributed by atoms with Crippen LogP contribution in [-0.2, 0) is 5.75 Å². The molecule has 2 aromatic rings. The zero-order valence-corrected chi connectivity index (χ0v) is 10.2. The number of hydrogen-bond acceptors (Lipinski definition) is 5. The van der Waals surface area contributed by atoms with Gasteiger partial charge in [-0.25, -0.2) is 5.10 Å². The number of nitrogen functional groups attached to an aromatic ring is 1. The summed E-state index contributed by atoms with van der Waals surface area (Å²) in [5, 5.41) is 9.32. The number of anilines is 1. The number of halogens is 1. The predicted molar refractivity (Wildman–Crippen MR) is 62.4 cm³/mol. The van der Waals surface area contributed by atoms with Crippen molar-refractivity contribution in [1.29, 1.82) is 0 Å². The van der Waals surface area contributed by atoms with Gasteiger partial charge in [0, 0.05) is 5.75 Å². The molecule has 0 spiro atoms. The molecule has 2 aromatic heterocycles. The number of H-pyrrole nitrogens is 1. The standard InChI is InChI=1S/C7H7BrN4S2/c8-5-1-4(2-13-5)3-14-7-10-6(9)11-12-7/h1-2H,3H2,(H3,9,10,11,12). The molecule has 0 aliphatic carbocycles. The van der Waals surface area contributed by atoms with Gasteiger partial charge in [-0.2, -0.15) is 4.98 Å². The van der Waals surface area contributed by atoms with E-state index < -0.39 is 0 Å². The van der Waals surface area contributed by atoms with Gasteiger partial charge < -0.3 is 5.73 Å². The van der Waals surface area contributed by atoms with Crippen molar-refractivity contribution in [1.82, 2.24) is 15.2 Å². The molecule has 0 aliphatic rings. The number of hydrogen-bond donors (Lipinski definition) is 2. The second-order valence-corrected chi connectivity index (χ2v) is 5.78. The third kappa shape index (κ3) is 2.49. The Kier molecular flexibility index (Phi) is 3.09. The Balaban J connectivity index is 1.94. The van der Waals surface area contributed by atoms with Gasteiger partial charge in [0.05, 0.1) is 3.79 Å². The number of nitrogens with one attached hydrogen (secondary N) is 1. The maximum absolute atomic E-state index is 5.40. The fourth-order valence-electron chi connectivity index (χ4n) is 0.892. The van der Waals surface area contributed by atoms with Gasteiger partial charge >= 0.3 is 0 Å². The second-order valence-electron chi connectivity index (χ2n) is 2.55. The quantitative estimate of drug-likeness (QED) is 0.853. The molecule has 0 radical (unpaired) electrons. The van der Waals surface area contributed by atoms with E-state index in [0.29, 0.717) is 11.1 Å². The SMILES string of the molecule is Nc1nc(SCc2csc(Br)c2)n[nH]1. The van der Waals surface area contributed by atoms with Crippen molar-refractivity contribution in [2.75, 3.05) is 5.73 Å². The Hall–Kier alpha value is -0.530. The minimum absolute atomic E-state index is 0.360. The predicted octanol–water partition coefficient (Wildman–Crippen LogP) is 2.50. The van der Waals surface area contributed by atoms with Crippen molar-refractivity contribution in [3.05, 3.63) is 20.8 Å². The van der Waals surface area contributed by atoms with Crippen LogP contribution in [0, 0.1) is 0 Å². The molecule has 3 N–H and O–H groups in total. The minimum Gasteiger partial charge on any atom is -0.368 e. The van der Waals surface area contributed by atoms with Gasteiger partial charge in [0.2, 0.25) is 11.1 Å². The Morgan fingerprint density at radius 3 is 3.07 bits per heavy atom. The van der Waals surface area contributed by atoms with E-state index in [2.05, 4.69) is 42.6 Å². The highest BCUT2D eigenvalue weighted by Crippen LogP contribution is 2.26. The van der Waals surface area contributed by atoms with E-state index >= 15 is 0 Å². The Bertz CT molecular complexity index is 385. The first-order valence-corrected chi connectivity index (χ1v) is 6.43. The van der Waals surface area contributed by atoms with Crippen LogP contribution < -0.4 is 5.73 Å². The number of nitrogens with two attached hydrogens (primary N) is 1. The summed E-state index contributed by atoms with van der Waals surface area (Å²) in [5.74, 6) is 1.22. The number of thioether (sulfide) groups is 1. The summed E-state index contributed by atoms with van der Waals surface area (Å²) in [6.07, 6.45) is 0. The molecule has 74 valence electrons. The zero-order chi connectivity index (χ0) is 9.97. The molecule has 4 nitrogen and oxygen atoms in total. The average molecular weight is 291 g/mol. The summed E-state index contributed by atoms with van der Waals surface area (Å²) >= 11 is 6.65. The van der Waals surface area contributed by atoms with Gasteiger partial charge in [-0.3, -0.25) is 0 Å². The van der Waals surface area contributed by atoms with Crippen molar-refractivity contribution >= 4 is 45.0 Å². The molecule has 0 fully saturated rings. The molecular formula is C7H7BrN4S2. The van der Waals surface area contributed by atoms with Crippen LogP contribution in [0.2, 0.25) is 0 Å². The van der Waals surface area contributed by atoms with E-state index in [1.165, 1.54) is 5.56 Å². The first-order valence-electron chi connectivity index (χ1n) is 3.77. The number of aromatic amines is 1. The highest BCUT2D eigenvalue weighted by Gasteiger charge is 2.03. The Morgan fingerprint density at radius 1 is 1.64 bits per heavy atom. The number of aromatic nitrogens is 3. The van der Waals surface area contributed by atoms with Crippen LogP contribution >= 0.6 is 39.0 Å². The van der Waals surface area contributed by atoms with Crippen molar-refractivity contribution in [3.8, 4) is 0 Å². The lowest BCUT2D eigenvalue weighted by Crippen LogP contribution is -1.85. The summed E-state index contributed by atoms with van der Waals surface area (Å²) in [5.41, 5.74) is 6.66. The summed E-state index contributed by atoms with van der Waals surface area (Å²) in [6.45, 7) is 0. The summed E-state index contributed by atoms with van der Waals surface area (Å²) in [4.78, 5) is 4.00. The molecule has 0 aromatic carbocycles. The fourth-order valence-corrected chi connectivity index (χ4v) is 2.94. The van der Waals surface area contributed by atoms with Crippen molar-refractivity contribution in [2.24, 2.45) is 0 Å². The van der Waals surface area contributed by atoms with E-state index in [1.54, 1.807) is 23.1 Å². The van der Waals surface area contributed by atoms with Crippen LogP contribution in [0.4, 0.5) is 5.95 Å². The fraction of sp³-hybridized carbons (Fsp3) is 0.143. The van der Waals surface area contributed by atoms with E-state index in [1.807, 2.05) is 0 Å². The van der Waals surface area contributed by atoms with Crippen LogP contribution in [0.3, 0.4) is 0 Å². The van der Waals surface area contributed by atoms with Crippen LogP contribution in [0.15, 0.2) is 20.4 Å². The maximum Gasteiger partial charge on any atom is 0.216 e. The molecule has 0 saturated carbocycles. The normalized spacial score (nSPS) is 10.6. The first kappa shape index (κ1) is 10.0. The highest BCUT2D eigenvalue weighted by molar-refractivity contribution is 9.11. The number of nitrogens with zero attached hydrogens (tertiary/aromatic N) is 2. The second kappa shape index (κ2) is 4.33. The molecule has 0 bridgehead atoms. The van der Waals surface area contributed by atoms with Crippen molar-refractivity contribution < 1.29 is 0 Å². The molecule has 0 saturated heterocycles. The molecule has 2 heterocycles. The Morgan fingerprint density at radius 2 is 2.50 bits per heavy atom. The monoisotopic (exact) mass is 290 g/mol. The van der Waals surface area contributed by atoms with Gasteiger partial charge in [-0.15, -0.1) is 16.4 Å². The zero-order valence-electron chi connectivity index (χ0n) is 7.03. The van der Waals surface area contributed by atoms with Crippen LogP contribution in [0.5, 0.6) is 0 Å². The maximum atomic E-state index is 5.40. The summed E-state index contributed by atoms with van der Waals surface area (Å²) in [6, 6.07) is 2.09. The van der Waals surface area contributed by atoms with Crippen molar-refractivity contribution in [3.63, 3.8) is 0 Å². The Labute approximate surface area is 97.4 Å². The number of thiophene rings is 1. The van der Waals surface area contributed by atoms with Gasteiger partial charge in [-0.1, -0.05) is 11.8 Å². The molecular weight excluding hydrogens is 284 g/mol. The van der Waals surface area contributed by atoms with Gasteiger partial charge in [0.25, 0.3) is 0 Å². The van der Waals surface area contributed by atoms with E-state index in [9.17, 15) is 0 Å². The molecule has 2 rings (SSSR count). The minimum atomic E-state index is 0.360. The highest BCUT2D eigenvalue weighted by atomic mass is 79.9. The van der Waals surface area contributed by atoms with E-state index in [0.717, 1.165) is 9.54 Å². The molecule has 0 unspecified atom stereocenters. The molecule has 0 amide bonds. The smallest absolute Gasteiger partial charge is 0.216 e. The molecule has 0 aliphatic heterocycles. The molecule has 0 atom stereocenters. The number of rotatable bonds is 3. The van der Waals surface area contributed by atoms with Gasteiger partial charge in [0.15, 0.2) is 0 Å². The molecule has 7 heteroatoms. The van der Waals surface area contributed by atoms with E-state index in [-0.39, 0.29) is 0 Å². The van der Waals surface area contributed by atoms with Gasteiger partial charge in [-0.05, 0) is 32.9 Å². The third-order valence-electron chi connectivity index (χ3n) is 1.47. The topological polar surface area (TPSA) is 67.6 Å². The van der Waals surface area contributed by atoms with Crippen molar-refractivity contribution in [2.45, 2.75) is 10.9 Å². The molecule has 14 heavy (non-hydrogen) atoms.